The maximum Gasteiger partial charge on any atom is 0.310 e. The highest BCUT2D eigenvalue weighted by atomic mass is 35.5. The number of piperazine rings is 1. The lowest BCUT2D eigenvalue weighted by Gasteiger charge is -2.35. The number of halogens is 1. The first-order chi connectivity index (χ1) is 8.46. The summed E-state index contributed by atoms with van der Waals surface area (Å²) in [6.45, 7) is 2.14. The van der Waals surface area contributed by atoms with Gasteiger partial charge in [0.15, 0.2) is 0 Å². The first-order valence-corrected chi connectivity index (χ1v) is 5.78. The van der Waals surface area contributed by atoms with Crippen molar-refractivity contribution in [2.45, 2.75) is 12.5 Å². The normalized spacial score (nSPS) is 23.3. The fourth-order valence-electron chi connectivity index (χ4n) is 1.87. The molecule has 96 valence electrons. The van der Waals surface area contributed by atoms with Crippen LogP contribution in [0.4, 0.5) is 0 Å². The van der Waals surface area contributed by atoms with E-state index >= 15 is 0 Å². The SMILES string of the molecule is COc1ccc(C2(C)CNC(=O)C(=O)N2)cc1Cl. The van der Waals surface area contributed by atoms with Gasteiger partial charge in [0, 0.05) is 6.54 Å². The molecule has 0 radical (unpaired) electrons. The maximum absolute atomic E-state index is 11.4. The summed E-state index contributed by atoms with van der Waals surface area (Å²) >= 11 is 6.05. The average Bonchev–Trinajstić information content (AvgIpc) is 2.34. The minimum absolute atomic E-state index is 0.320. The molecule has 1 aromatic rings. The minimum atomic E-state index is -0.666. The van der Waals surface area contributed by atoms with E-state index in [0.29, 0.717) is 17.3 Å². The minimum Gasteiger partial charge on any atom is -0.495 e. The van der Waals surface area contributed by atoms with Crippen molar-refractivity contribution in [3.05, 3.63) is 28.8 Å². The van der Waals surface area contributed by atoms with Crippen molar-refractivity contribution in [2.75, 3.05) is 13.7 Å². The summed E-state index contributed by atoms with van der Waals surface area (Å²) in [7, 11) is 1.53. The van der Waals surface area contributed by atoms with Crippen LogP contribution in [-0.4, -0.2) is 25.5 Å². The number of hydrogen-bond donors (Lipinski definition) is 2. The molecule has 1 saturated heterocycles. The summed E-state index contributed by atoms with van der Waals surface area (Å²) in [5, 5.41) is 5.68. The molecule has 1 heterocycles. The van der Waals surface area contributed by atoms with E-state index < -0.39 is 17.4 Å². The number of hydrogen-bond acceptors (Lipinski definition) is 3. The third-order valence-corrected chi connectivity index (χ3v) is 3.28. The molecule has 2 N–H and O–H groups in total. The summed E-state index contributed by atoms with van der Waals surface area (Å²) in [5.41, 5.74) is 0.141. The summed E-state index contributed by atoms with van der Waals surface area (Å²) in [5.74, 6) is -0.696. The van der Waals surface area contributed by atoms with Gasteiger partial charge in [0.2, 0.25) is 0 Å². The molecule has 0 aliphatic carbocycles. The molecule has 1 fully saturated rings. The predicted molar refractivity (Wildman–Crippen MR) is 66.5 cm³/mol. The van der Waals surface area contributed by atoms with Crippen LogP contribution < -0.4 is 15.4 Å². The van der Waals surface area contributed by atoms with Gasteiger partial charge in [0.05, 0.1) is 17.7 Å². The predicted octanol–water partition coefficient (Wildman–Crippen LogP) is 0.810. The Bertz CT molecular complexity index is 518. The van der Waals surface area contributed by atoms with E-state index in [1.54, 1.807) is 12.1 Å². The van der Waals surface area contributed by atoms with Crippen LogP contribution in [0.3, 0.4) is 0 Å². The summed E-state index contributed by atoms with van der Waals surface area (Å²) in [6, 6.07) is 5.26. The summed E-state index contributed by atoms with van der Waals surface area (Å²) in [6.07, 6.45) is 0. The zero-order valence-electron chi connectivity index (χ0n) is 10.0. The zero-order valence-corrected chi connectivity index (χ0v) is 10.8. The van der Waals surface area contributed by atoms with Crippen molar-refractivity contribution in [1.29, 1.82) is 0 Å². The van der Waals surface area contributed by atoms with Gasteiger partial charge in [-0.2, -0.15) is 0 Å². The van der Waals surface area contributed by atoms with Crippen molar-refractivity contribution in [1.82, 2.24) is 10.6 Å². The van der Waals surface area contributed by atoms with Gasteiger partial charge in [-0.15, -0.1) is 0 Å². The van der Waals surface area contributed by atoms with Crippen molar-refractivity contribution in [3.63, 3.8) is 0 Å². The van der Waals surface area contributed by atoms with Gasteiger partial charge in [-0.1, -0.05) is 17.7 Å². The topological polar surface area (TPSA) is 67.4 Å². The van der Waals surface area contributed by atoms with E-state index in [4.69, 9.17) is 16.3 Å². The summed E-state index contributed by atoms with van der Waals surface area (Å²) in [4.78, 5) is 22.5. The quantitative estimate of drug-likeness (QED) is 0.780. The smallest absolute Gasteiger partial charge is 0.310 e. The Morgan fingerprint density at radius 1 is 1.33 bits per heavy atom. The first kappa shape index (κ1) is 12.7. The molecular formula is C12H13ClN2O3. The molecule has 2 rings (SSSR count). The molecule has 1 aliphatic heterocycles. The van der Waals surface area contributed by atoms with Crippen LogP contribution in [-0.2, 0) is 15.1 Å². The molecule has 0 spiro atoms. The van der Waals surface area contributed by atoms with Crippen molar-refractivity contribution in [2.24, 2.45) is 0 Å². The molecule has 18 heavy (non-hydrogen) atoms. The van der Waals surface area contributed by atoms with Gasteiger partial charge in [0.1, 0.15) is 5.75 Å². The molecule has 1 unspecified atom stereocenters. The van der Waals surface area contributed by atoms with Crippen LogP contribution in [0.5, 0.6) is 5.75 Å². The standard InChI is InChI=1S/C12H13ClN2O3/c1-12(6-14-10(16)11(17)15-12)7-3-4-9(18-2)8(13)5-7/h3-5H,6H2,1-2H3,(H,14,16)(H,15,17). The molecule has 0 bridgehead atoms. The average molecular weight is 269 g/mol. The molecule has 6 heteroatoms. The lowest BCUT2D eigenvalue weighted by atomic mass is 9.90. The van der Waals surface area contributed by atoms with Crippen LogP contribution in [0.15, 0.2) is 18.2 Å². The highest BCUT2D eigenvalue weighted by Gasteiger charge is 2.36. The lowest BCUT2D eigenvalue weighted by Crippen LogP contribution is -2.60. The van der Waals surface area contributed by atoms with Crippen LogP contribution in [0.2, 0.25) is 5.02 Å². The Hall–Kier alpha value is -1.75. The molecular weight excluding hydrogens is 256 g/mol. The van der Waals surface area contributed by atoms with Crippen LogP contribution in [0.25, 0.3) is 0 Å². The third-order valence-electron chi connectivity index (χ3n) is 2.99. The van der Waals surface area contributed by atoms with Gasteiger partial charge in [-0.05, 0) is 24.6 Å². The monoisotopic (exact) mass is 268 g/mol. The number of amides is 2. The highest BCUT2D eigenvalue weighted by Crippen LogP contribution is 2.30. The van der Waals surface area contributed by atoms with E-state index in [1.165, 1.54) is 7.11 Å². The number of rotatable bonds is 2. The summed E-state index contributed by atoms with van der Waals surface area (Å²) < 4.78 is 5.07. The number of benzene rings is 1. The third kappa shape index (κ3) is 2.13. The molecule has 2 amide bonds. The Morgan fingerprint density at radius 2 is 2.06 bits per heavy atom. The van der Waals surface area contributed by atoms with E-state index in [0.717, 1.165) is 5.56 Å². The first-order valence-electron chi connectivity index (χ1n) is 5.40. The van der Waals surface area contributed by atoms with Crippen LogP contribution in [0, 0.1) is 0 Å². The van der Waals surface area contributed by atoms with Gasteiger partial charge >= 0.3 is 11.8 Å². The molecule has 1 atom stereocenters. The molecule has 1 aliphatic rings. The van der Waals surface area contributed by atoms with E-state index in [-0.39, 0.29) is 0 Å². The van der Waals surface area contributed by atoms with Crippen LogP contribution in [0.1, 0.15) is 12.5 Å². The Labute approximate surface area is 109 Å². The fraction of sp³-hybridized carbons (Fsp3) is 0.333. The molecule has 0 aromatic heterocycles. The van der Waals surface area contributed by atoms with Crippen molar-refractivity contribution < 1.29 is 14.3 Å². The number of carbonyl (C=O) groups is 2. The van der Waals surface area contributed by atoms with Crippen molar-refractivity contribution >= 4 is 23.4 Å². The second-order valence-electron chi connectivity index (χ2n) is 4.32. The molecule has 1 aromatic carbocycles. The van der Waals surface area contributed by atoms with Gasteiger partial charge in [0.25, 0.3) is 0 Å². The van der Waals surface area contributed by atoms with Gasteiger partial charge in [-0.3, -0.25) is 9.59 Å². The Kier molecular flexibility index (Phi) is 3.17. The zero-order chi connectivity index (χ0) is 13.3. The molecule has 0 saturated carbocycles. The second kappa shape index (κ2) is 4.49. The highest BCUT2D eigenvalue weighted by molar-refractivity contribution is 6.36. The van der Waals surface area contributed by atoms with Gasteiger partial charge in [-0.25, -0.2) is 0 Å². The fourth-order valence-corrected chi connectivity index (χ4v) is 2.13. The van der Waals surface area contributed by atoms with Crippen LogP contribution >= 0.6 is 11.6 Å². The lowest BCUT2D eigenvalue weighted by molar-refractivity contribution is -0.142. The van der Waals surface area contributed by atoms with E-state index in [2.05, 4.69) is 10.6 Å². The van der Waals surface area contributed by atoms with E-state index in [9.17, 15) is 9.59 Å². The second-order valence-corrected chi connectivity index (χ2v) is 4.73. The number of ether oxygens (including phenoxy) is 1. The number of carbonyl (C=O) groups excluding carboxylic acids is 2. The molecule has 5 nitrogen and oxygen atoms in total. The number of methoxy groups -OCH3 is 1. The number of nitrogens with one attached hydrogen (secondary N) is 2. The largest absolute Gasteiger partial charge is 0.495 e. The maximum atomic E-state index is 11.4. The Morgan fingerprint density at radius 3 is 2.61 bits per heavy atom. The van der Waals surface area contributed by atoms with Crippen molar-refractivity contribution in [3.8, 4) is 5.75 Å². The Balaban J connectivity index is 2.33. The van der Waals surface area contributed by atoms with E-state index in [1.807, 2.05) is 13.0 Å². The van der Waals surface area contributed by atoms with Gasteiger partial charge < -0.3 is 15.4 Å².